The predicted molar refractivity (Wildman–Crippen MR) is 112 cm³/mol. The standard InChI is InChI=1S/C23H23NO2S/c1-15(16-7-8-18-14-19(26-2)10-9-17(18)13-16)23(25)24-21-11-12-27-22-6-4-3-5-20(21)22/h3-10,13-15,21H,11-12H2,1-2H3,(H,24,25)/t15-,21?/m0/s1. The molecule has 1 unspecified atom stereocenters. The number of hydrogen-bond donors (Lipinski definition) is 1. The molecule has 0 aliphatic carbocycles. The second-order valence-electron chi connectivity index (χ2n) is 6.93. The van der Waals surface area contributed by atoms with Gasteiger partial charge >= 0.3 is 0 Å². The van der Waals surface area contributed by atoms with E-state index in [2.05, 4.69) is 35.6 Å². The Labute approximate surface area is 164 Å². The van der Waals surface area contributed by atoms with E-state index in [1.807, 2.05) is 49.0 Å². The maximum Gasteiger partial charge on any atom is 0.227 e. The summed E-state index contributed by atoms with van der Waals surface area (Å²) in [6, 6.07) is 20.7. The number of ether oxygens (including phenoxy) is 1. The highest BCUT2D eigenvalue weighted by Gasteiger charge is 2.24. The monoisotopic (exact) mass is 377 g/mol. The molecule has 3 nitrogen and oxygen atoms in total. The van der Waals surface area contributed by atoms with Crippen LogP contribution in [0.1, 0.15) is 36.4 Å². The Bertz CT molecular complexity index is 985. The molecule has 4 rings (SSSR count). The molecule has 1 aliphatic rings. The van der Waals surface area contributed by atoms with Crippen molar-refractivity contribution < 1.29 is 9.53 Å². The van der Waals surface area contributed by atoms with Crippen LogP contribution in [0.5, 0.6) is 5.75 Å². The summed E-state index contributed by atoms with van der Waals surface area (Å²) < 4.78 is 5.29. The third-order valence-electron chi connectivity index (χ3n) is 5.24. The number of hydrogen-bond acceptors (Lipinski definition) is 3. The topological polar surface area (TPSA) is 38.3 Å². The van der Waals surface area contributed by atoms with Gasteiger partial charge in [0, 0.05) is 10.6 Å². The van der Waals surface area contributed by atoms with Gasteiger partial charge in [0.15, 0.2) is 0 Å². The van der Waals surface area contributed by atoms with Crippen molar-refractivity contribution in [3.8, 4) is 5.75 Å². The van der Waals surface area contributed by atoms with Crippen molar-refractivity contribution in [3.63, 3.8) is 0 Å². The number of amides is 1. The van der Waals surface area contributed by atoms with Gasteiger partial charge in [0.25, 0.3) is 0 Å². The number of rotatable bonds is 4. The second kappa shape index (κ2) is 7.65. The van der Waals surface area contributed by atoms with Gasteiger partial charge in [-0.15, -0.1) is 11.8 Å². The molecule has 4 heteroatoms. The van der Waals surface area contributed by atoms with Crippen LogP contribution >= 0.6 is 11.8 Å². The Morgan fingerprint density at radius 3 is 2.74 bits per heavy atom. The number of thioether (sulfide) groups is 1. The van der Waals surface area contributed by atoms with E-state index in [1.54, 1.807) is 7.11 Å². The maximum atomic E-state index is 12.9. The van der Waals surface area contributed by atoms with E-state index in [1.165, 1.54) is 10.5 Å². The molecule has 27 heavy (non-hydrogen) atoms. The third kappa shape index (κ3) is 3.67. The molecule has 0 bridgehead atoms. The molecule has 1 heterocycles. The third-order valence-corrected chi connectivity index (χ3v) is 6.36. The first-order chi connectivity index (χ1) is 13.2. The molecule has 0 saturated heterocycles. The molecular formula is C23H23NO2S. The smallest absolute Gasteiger partial charge is 0.227 e. The van der Waals surface area contributed by atoms with E-state index < -0.39 is 0 Å². The van der Waals surface area contributed by atoms with E-state index in [0.29, 0.717) is 0 Å². The van der Waals surface area contributed by atoms with Crippen LogP contribution in [0.3, 0.4) is 0 Å². The molecule has 1 aliphatic heterocycles. The largest absolute Gasteiger partial charge is 0.497 e. The number of fused-ring (bicyclic) bond motifs is 2. The van der Waals surface area contributed by atoms with Gasteiger partial charge in [-0.25, -0.2) is 0 Å². The van der Waals surface area contributed by atoms with Crippen molar-refractivity contribution >= 4 is 28.4 Å². The quantitative estimate of drug-likeness (QED) is 0.670. The van der Waals surface area contributed by atoms with Crippen molar-refractivity contribution in [3.05, 3.63) is 71.8 Å². The number of methoxy groups -OCH3 is 1. The fourth-order valence-corrected chi connectivity index (χ4v) is 4.70. The Morgan fingerprint density at radius 2 is 1.89 bits per heavy atom. The fraction of sp³-hybridized carbons (Fsp3) is 0.261. The van der Waals surface area contributed by atoms with E-state index in [4.69, 9.17) is 4.74 Å². The summed E-state index contributed by atoms with van der Waals surface area (Å²) in [5.41, 5.74) is 2.27. The number of carbonyl (C=O) groups is 1. The zero-order valence-corrected chi connectivity index (χ0v) is 16.4. The van der Waals surface area contributed by atoms with Gasteiger partial charge in [-0.2, -0.15) is 0 Å². The van der Waals surface area contributed by atoms with Gasteiger partial charge in [0.1, 0.15) is 5.75 Å². The first-order valence-electron chi connectivity index (χ1n) is 9.25. The first-order valence-corrected chi connectivity index (χ1v) is 10.2. The number of benzene rings is 3. The zero-order valence-electron chi connectivity index (χ0n) is 15.6. The fourth-order valence-electron chi connectivity index (χ4n) is 3.58. The predicted octanol–water partition coefficient (Wildman–Crippen LogP) is 5.31. The summed E-state index contributed by atoms with van der Waals surface area (Å²) in [6.07, 6.45) is 0.970. The lowest BCUT2D eigenvalue weighted by molar-refractivity contribution is -0.123. The minimum Gasteiger partial charge on any atom is -0.497 e. The van der Waals surface area contributed by atoms with Crippen LogP contribution in [-0.2, 0) is 4.79 Å². The first kappa shape index (κ1) is 17.9. The number of nitrogens with one attached hydrogen (secondary N) is 1. The lowest BCUT2D eigenvalue weighted by Gasteiger charge is -2.27. The van der Waals surface area contributed by atoms with Crippen LogP contribution < -0.4 is 10.1 Å². The molecular weight excluding hydrogens is 354 g/mol. The molecule has 0 fully saturated rings. The van der Waals surface area contributed by atoms with Gasteiger partial charge in [-0.05, 0) is 53.4 Å². The van der Waals surface area contributed by atoms with Crippen molar-refractivity contribution in [1.82, 2.24) is 5.32 Å². The molecule has 0 saturated carbocycles. The van der Waals surface area contributed by atoms with Gasteiger partial charge in [0.05, 0.1) is 19.1 Å². The van der Waals surface area contributed by atoms with E-state index in [-0.39, 0.29) is 17.9 Å². The average molecular weight is 378 g/mol. The molecule has 3 aromatic rings. The van der Waals surface area contributed by atoms with Crippen LogP contribution in [0.25, 0.3) is 10.8 Å². The molecule has 1 N–H and O–H groups in total. The summed E-state index contributed by atoms with van der Waals surface area (Å²) in [5, 5.41) is 5.50. The highest BCUT2D eigenvalue weighted by atomic mass is 32.2. The summed E-state index contributed by atoms with van der Waals surface area (Å²) in [5.74, 6) is 1.76. The normalized spacial score (nSPS) is 17.2. The minimum atomic E-state index is -0.196. The molecule has 0 spiro atoms. The van der Waals surface area contributed by atoms with Gasteiger partial charge in [0.2, 0.25) is 5.91 Å². The highest BCUT2D eigenvalue weighted by molar-refractivity contribution is 7.99. The SMILES string of the molecule is COc1ccc2cc([C@H](C)C(=O)NC3CCSc4ccccc43)ccc2c1. The Balaban J connectivity index is 1.53. The summed E-state index contributed by atoms with van der Waals surface area (Å²) in [7, 11) is 1.67. The average Bonchev–Trinajstić information content (AvgIpc) is 2.72. The Morgan fingerprint density at radius 1 is 1.11 bits per heavy atom. The van der Waals surface area contributed by atoms with E-state index in [0.717, 1.165) is 34.3 Å². The summed E-state index contributed by atoms with van der Waals surface area (Å²) in [4.78, 5) is 14.2. The molecule has 138 valence electrons. The Hall–Kier alpha value is -2.46. The van der Waals surface area contributed by atoms with E-state index >= 15 is 0 Å². The summed E-state index contributed by atoms with van der Waals surface area (Å²) >= 11 is 1.87. The van der Waals surface area contributed by atoms with Crippen molar-refractivity contribution in [2.45, 2.75) is 30.2 Å². The van der Waals surface area contributed by atoms with Crippen molar-refractivity contribution in [2.24, 2.45) is 0 Å². The molecule has 1 amide bonds. The van der Waals surface area contributed by atoms with Crippen LogP contribution in [0.15, 0.2) is 65.6 Å². The van der Waals surface area contributed by atoms with Crippen LogP contribution in [0.4, 0.5) is 0 Å². The lowest BCUT2D eigenvalue weighted by Crippen LogP contribution is -2.33. The van der Waals surface area contributed by atoms with Crippen molar-refractivity contribution in [1.29, 1.82) is 0 Å². The summed E-state index contributed by atoms with van der Waals surface area (Å²) in [6.45, 7) is 1.98. The Kier molecular flexibility index (Phi) is 5.08. The van der Waals surface area contributed by atoms with Gasteiger partial charge in [-0.3, -0.25) is 4.79 Å². The lowest BCUT2D eigenvalue weighted by atomic mass is 9.95. The van der Waals surface area contributed by atoms with E-state index in [9.17, 15) is 4.79 Å². The zero-order chi connectivity index (χ0) is 18.8. The molecule has 2 atom stereocenters. The van der Waals surface area contributed by atoms with Crippen molar-refractivity contribution in [2.75, 3.05) is 12.9 Å². The maximum absolute atomic E-state index is 12.9. The van der Waals surface area contributed by atoms with Crippen LogP contribution in [0, 0.1) is 0 Å². The minimum absolute atomic E-state index is 0.0783. The number of carbonyl (C=O) groups excluding carboxylic acids is 1. The van der Waals surface area contributed by atoms with Crippen LogP contribution in [0.2, 0.25) is 0 Å². The molecule has 0 aromatic heterocycles. The molecule has 0 radical (unpaired) electrons. The van der Waals surface area contributed by atoms with Gasteiger partial charge < -0.3 is 10.1 Å². The molecule has 3 aromatic carbocycles. The van der Waals surface area contributed by atoms with Crippen LogP contribution in [-0.4, -0.2) is 18.8 Å². The second-order valence-corrected chi connectivity index (χ2v) is 8.07. The van der Waals surface area contributed by atoms with Gasteiger partial charge in [-0.1, -0.05) is 42.5 Å². The highest BCUT2D eigenvalue weighted by Crippen LogP contribution is 2.36.